The maximum absolute atomic E-state index is 5.91. The van der Waals surface area contributed by atoms with Gasteiger partial charge >= 0.3 is 0 Å². The quantitative estimate of drug-likeness (QED) is 0.760. The predicted octanol–water partition coefficient (Wildman–Crippen LogP) is 5.18. The van der Waals surface area contributed by atoms with Crippen LogP contribution in [0.4, 0.5) is 11.4 Å². The number of hydrogen-bond acceptors (Lipinski definition) is 3. The molecule has 0 unspecified atom stereocenters. The zero-order valence-corrected chi connectivity index (χ0v) is 16.9. The number of benzene rings is 2. The molecule has 2 aliphatic rings. The van der Waals surface area contributed by atoms with Gasteiger partial charge in [-0.25, -0.2) is 0 Å². The largest absolute Gasteiger partial charge is 0.497 e. The molecular weight excluding hydrogens is 332 g/mol. The van der Waals surface area contributed by atoms with Gasteiger partial charge < -0.3 is 15.4 Å². The number of anilines is 2. The number of rotatable bonds is 4. The lowest BCUT2D eigenvalue weighted by atomic mass is 9.54. The van der Waals surface area contributed by atoms with Gasteiger partial charge in [0.2, 0.25) is 0 Å². The van der Waals surface area contributed by atoms with Gasteiger partial charge in [-0.1, -0.05) is 25.8 Å². The predicted molar refractivity (Wildman–Crippen MR) is 114 cm³/mol. The Labute approximate surface area is 163 Å². The molecule has 2 aromatic rings. The second kappa shape index (κ2) is 7.10. The summed E-state index contributed by atoms with van der Waals surface area (Å²) in [6.45, 7) is 2.38. The van der Waals surface area contributed by atoms with E-state index in [2.05, 4.69) is 49.2 Å². The summed E-state index contributed by atoms with van der Waals surface area (Å²) >= 11 is 0. The highest BCUT2D eigenvalue weighted by Crippen LogP contribution is 2.54. The zero-order chi connectivity index (χ0) is 19.0. The van der Waals surface area contributed by atoms with Crippen molar-refractivity contribution < 1.29 is 4.74 Å². The van der Waals surface area contributed by atoms with Crippen LogP contribution < -0.4 is 15.4 Å². The molecule has 27 heavy (non-hydrogen) atoms. The van der Waals surface area contributed by atoms with E-state index < -0.39 is 0 Å². The minimum absolute atomic E-state index is 0.271. The molecule has 144 valence electrons. The number of nitrogens with two attached hydrogens (primary N) is 1. The number of likely N-dealkylation sites (N-methyl/N-ethyl adjacent to an activating group) is 1. The molecule has 3 nitrogen and oxygen atoms in total. The van der Waals surface area contributed by atoms with E-state index in [-0.39, 0.29) is 5.41 Å². The summed E-state index contributed by atoms with van der Waals surface area (Å²) in [6.07, 6.45) is 7.59. The van der Waals surface area contributed by atoms with Crippen molar-refractivity contribution in [2.45, 2.75) is 56.9 Å². The van der Waals surface area contributed by atoms with Crippen LogP contribution in [0.1, 0.15) is 50.2 Å². The molecule has 0 saturated heterocycles. The first-order chi connectivity index (χ1) is 13.1. The molecule has 4 rings (SSSR count). The van der Waals surface area contributed by atoms with E-state index in [9.17, 15) is 0 Å². The maximum Gasteiger partial charge on any atom is 0.119 e. The minimum atomic E-state index is 0.271. The Balaban J connectivity index is 1.79. The van der Waals surface area contributed by atoms with Gasteiger partial charge in [0.15, 0.2) is 0 Å². The molecule has 2 N–H and O–H groups in total. The lowest BCUT2D eigenvalue weighted by molar-refractivity contribution is 0.131. The number of methoxy groups -OCH3 is 1. The van der Waals surface area contributed by atoms with Crippen molar-refractivity contribution in [1.29, 1.82) is 0 Å². The first kappa shape index (κ1) is 18.2. The molecule has 0 heterocycles. The van der Waals surface area contributed by atoms with Gasteiger partial charge in [-0.2, -0.15) is 0 Å². The van der Waals surface area contributed by atoms with Gasteiger partial charge in [-0.3, -0.25) is 0 Å². The van der Waals surface area contributed by atoms with E-state index >= 15 is 0 Å². The van der Waals surface area contributed by atoms with Crippen LogP contribution in [-0.4, -0.2) is 20.2 Å². The van der Waals surface area contributed by atoms with Gasteiger partial charge in [0, 0.05) is 29.9 Å². The van der Waals surface area contributed by atoms with Gasteiger partial charge in [-0.05, 0) is 79.1 Å². The van der Waals surface area contributed by atoms with Crippen LogP contribution in [0.2, 0.25) is 0 Å². The molecule has 2 aromatic carbocycles. The summed E-state index contributed by atoms with van der Waals surface area (Å²) in [7, 11) is 4.04. The monoisotopic (exact) mass is 364 g/mol. The summed E-state index contributed by atoms with van der Waals surface area (Å²) in [4.78, 5) is 2.51. The molecule has 3 heteroatoms. The van der Waals surface area contributed by atoms with E-state index in [1.807, 2.05) is 12.1 Å². The smallest absolute Gasteiger partial charge is 0.119 e. The van der Waals surface area contributed by atoms with Crippen molar-refractivity contribution in [2.75, 3.05) is 24.8 Å². The normalized spacial score (nSPS) is 26.8. The molecule has 0 bridgehead atoms. The Morgan fingerprint density at radius 2 is 1.93 bits per heavy atom. The molecule has 0 spiro atoms. The topological polar surface area (TPSA) is 38.5 Å². The van der Waals surface area contributed by atoms with Gasteiger partial charge in [0.05, 0.1) is 7.11 Å². The summed E-state index contributed by atoms with van der Waals surface area (Å²) in [5, 5.41) is 0. The van der Waals surface area contributed by atoms with Crippen LogP contribution in [0, 0.1) is 5.92 Å². The molecule has 0 amide bonds. The van der Waals surface area contributed by atoms with Crippen LogP contribution in [0.3, 0.4) is 0 Å². The third-order valence-electron chi connectivity index (χ3n) is 7.27. The fourth-order valence-electron chi connectivity index (χ4n) is 5.79. The Hall–Kier alpha value is -2.16. The fourth-order valence-corrected chi connectivity index (χ4v) is 5.79. The summed E-state index contributed by atoms with van der Waals surface area (Å²) in [5.41, 5.74) is 11.3. The number of fused-ring (bicyclic) bond motifs is 3. The van der Waals surface area contributed by atoms with Crippen LogP contribution in [0.25, 0.3) is 0 Å². The number of hydrogen-bond donors (Lipinski definition) is 1. The van der Waals surface area contributed by atoms with E-state index in [4.69, 9.17) is 10.5 Å². The maximum atomic E-state index is 5.91. The average Bonchev–Trinajstić information content (AvgIpc) is 2.72. The van der Waals surface area contributed by atoms with Gasteiger partial charge in [0.25, 0.3) is 0 Å². The van der Waals surface area contributed by atoms with Crippen molar-refractivity contribution >= 4 is 11.4 Å². The lowest BCUT2D eigenvalue weighted by Crippen LogP contribution is -2.54. The second-order valence-corrected chi connectivity index (χ2v) is 8.36. The molecule has 1 fully saturated rings. The second-order valence-electron chi connectivity index (χ2n) is 8.36. The van der Waals surface area contributed by atoms with Crippen molar-refractivity contribution in [1.82, 2.24) is 0 Å². The fraction of sp³-hybridized carbons (Fsp3) is 0.500. The average molecular weight is 365 g/mol. The highest BCUT2D eigenvalue weighted by molar-refractivity contribution is 5.55. The van der Waals surface area contributed by atoms with Crippen LogP contribution >= 0.6 is 0 Å². The third kappa shape index (κ3) is 2.97. The van der Waals surface area contributed by atoms with Crippen LogP contribution in [0.5, 0.6) is 5.75 Å². The highest BCUT2D eigenvalue weighted by Gasteiger charge is 2.49. The van der Waals surface area contributed by atoms with Crippen LogP contribution in [-0.2, 0) is 11.8 Å². The Bertz CT molecular complexity index is 801. The van der Waals surface area contributed by atoms with Crippen molar-refractivity contribution in [2.24, 2.45) is 5.92 Å². The Morgan fingerprint density at radius 3 is 2.63 bits per heavy atom. The number of nitrogens with zero attached hydrogens (tertiary/aromatic N) is 1. The summed E-state index contributed by atoms with van der Waals surface area (Å²) in [6, 6.07) is 15.6. The van der Waals surface area contributed by atoms with Crippen LogP contribution in [0.15, 0.2) is 42.5 Å². The molecule has 0 aliphatic heterocycles. The Kier molecular flexibility index (Phi) is 4.79. The molecule has 2 aliphatic carbocycles. The van der Waals surface area contributed by atoms with E-state index in [0.29, 0.717) is 12.0 Å². The molecule has 0 aromatic heterocycles. The summed E-state index contributed by atoms with van der Waals surface area (Å²) < 4.78 is 5.58. The van der Waals surface area contributed by atoms with E-state index in [0.717, 1.165) is 17.9 Å². The van der Waals surface area contributed by atoms with Crippen molar-refractivity contribution in [3.8, 4) is 5.75 Å². The number of ether oxygens (including phenoxy) is 1. The molecule has 0 radical (unpaired) electrons. The number of nitrogen functional groups attached to an aromatic ring is 1. The molecule has 3 atom stereocenters. The molecular formula is C24H32N2O. The minimum Gasteiger partial charge on any atom is -0.497 e. The molecule has 1 saturated carbocycles. The first-order valence-corrected chi connectivity index (χ1v) is 10.3. The van der Waals surface area contributed by atoms with Crippen molar-refractivity contribution in [3.05, 3.63) is 53.6 Å². The summed E-state index contributed by atoms with van der Waals surface area (Å²) in [5.74, 6) is 1.68. The standard InChI is InChI=1S/C24H32N2O/c1-4-24-14-6-5-7-21(24)23(26(2)19-11-9-18(25)10-12-19)15-17-8-13-20(27-3)16-22(17)24/h8-13,16,21,23H,4-7,14-15,25H2,1-3H3/t21-,23+,24-/m1/s1. The van der Waals surface area contributed by atoms with E-state index in [1.54, 1.807) is 12.7 Å². The van der Waals surface area contributed by atoms with Gasteiger partial charge in [-0.15, -0.1) is 0 Å². The highest BCUT2D eigenvalue weighted by atomic mass is 16.5. The van der Waals surface area contributed by atoms with Crippen molar-refractivity contribution in [3.63, 3.8) is 0 Å². The zero-order valence-electron chi connectivity index (χ0n) is 16.9. The lowest BCUT2D eigenvalue weighted by Gasteiger charge is -2.54. The first-order valence-electron chi connectivity index (χ1n) is 10.3. The SMILES string of the molecule is CC[C@@]12CCCC[C@@H]1[C@@H](N(C)c1ccc(N)cc1)Cc1ccc(OC)cc12. The van der Waals surface area contributed by atoms with E-state index in [1.165, 1.54) is 43.4 Å². The Morgan fingerprint density at radius 1 is 1.15 bits per heavy atom. The van der Waals surface area contributed by atoms with Gasteiger partial charge in [0.1, 0.15) is 5.75 Å². The third-order valence-corrected chi connectivity index (χ3v) is 7.27.